The predicted octanol–water partition coefficient (Wildman–Crippen LogP) is 3.93. The van der Waals surface area contributed by atoms with E-state index in [0.717, 1.165) is 0 Å². The van der Waals surface area contributed by atoms with E-state index < -0.39 is 15.8 Å². The smallest absolute Gasteiger partial charge is 0.265 e. The van der Waals surface area contributed by atoms with Gasteiger partial charge in [-0.1, -0.05) is 17.7 Å². The van der Waals surface area contributed by atoms with E-state index in [-0.39, 0.29) is 25.8 Å². The van der Waals surface area contributed by atoms with Crippen LogP contribution >= 0.6 is 27.5 Å². The third-order valence-electron chi connectivity index (χ3n) is 2.78. The first-order chi connectivity index (χ1) is 9.72. The summed E-state index contributed by atoms with van der Waals surface area (Å²) in [5, 5.41) is 0.0151. The lowest BCUT2D eigenvalue weighted by molar-refractivity contribution is 0.601. The predicted molar refractivity (Wildman–Crippen MR) is 85.5 cm³/mol. The molecule has 0 saturated carbocycles. The topological polar surface area (TPSA) is 72.2 Å². The van der Waals surface area contributed by atoms with Crippen LogP contribution in [0.2, 0.25) is 5.02 Å². The van der Waals surface area contributed by atoms with Crippen molar-refractivity contribution >= 4 is 48.9 Å². The highest BCUT2D eigenvalue weighted by Crippen LogP contribution is 2.31. The molecule has 0 aliphatic rings. The first kappa shape index (κ1) is 16.1. The molecule has 0 spiro atoms. The molecule has 2 aromatic rings. The number of halogens is 3. The second-order valence-electron chi connectivity index (χ2n) is 4.34. The SMILES string of the molecule is Cc1cc(F)c(Br)cc1NS(=O)(=O)c1c(N)cccc1Cl. The lowest BCUT2D eigenvalue weighted by Crippen LogP contribution is -2.16. The highest BCUT2D eigenvalue weighted by Gasteiger charge is 2.22. The quantitative estimate of drug-likeness (QED) is 0.776. The van der Waals surface area contributed by atoms with Crippen molar-refractivity contribution in [2.45, 2.75) is 11.8 Å². The summed E-state index contributed by atoms with van der Waals surface area (Å²) < 4.78 is 40.7. The summed E-state index contributed by atoms with van der Waals surface area (Å²) in [5.41, 5.74) is 6.39. The summed E-state index contributed by atoms with van der Waals surface area (Å²) in [7, 11) is -3.98. The number of nitrogens with two attached hydrogens (primary N) is 1. The zero-order valence-corrected chi connectivity index (χ0v) is 14.0. The Morgan fingerprint density at radius 1 is 1.33 bits per heavy atom. The molecule has 112 valence electrons. The summed E-state index contributed by atoms with van der Waals surface area (Å²) in [4.78, 5) is -0.202. The molecule has 0 radical (unpaired) electrons. The Labute approximate surface area is 135 Å². The van der Waals surface area contributed by atoms with E-state index in [2.05, 4.69) is 20.7 Å². The fraction of sp³-hybridized carbons (Fsp3) is 0.0769. The molecular formula is C13H11BrClFN2O2S. The molecule has 0 fully saturated rings. The van der Waals surface area contributed by atoms with Crippen molar-refractivity contribution < 1.29 is 12.8 Å². The number of nitrogens with one attached hydrogen (secondary N) is 1. The maximum absolute atomic E-state index is 13.4. The number of aryl methyl sites for hydroxylation is 1. The van der Waals surface area contributed by atoms with Gasteiger partial charge in [0.05, 0.1) is 20.9 Å². The zero-order chi connectivity index (χ0) is 15.8. The lowest BCUT2D eigenvalue weighted by atomic mass is 10.2. The van der Waals surface area contributed by atoms with Crippen molar-refractivity contribution in [2.75, 3.05) is 10.5 Å². The van der Waals surface area contributed by atoms with E-state index in [0.29, 0.717) is 5.56 Å². The maximum Gasteiger partial charge on any atom is 0.265 e. The first-order valence-corrected chi connectivity index (χ1v) is 8.40. The van der Waals surface area contributed by atoms with Crippen molar-refractivity contribution in [3.8, 4) is 0 Å². The van der Waals surface area contributed by atoms with E-state index >= 15 is 0 Å². The van der Waals surface area contributed by atoms with E-state index in [4.69, 9.17) is 17.3 Å². The van der Waals surface area contributed by atoms with E-state index in [1.807, 2.05) is 0 Å². The Hall–Kier alpha value is -1.31. The molecule has 0 bridgehead atoms. The molecule has 0 aliphatic carbocycles. The molecule has 0 atom stereocenters. The Bertz CT molecular complexity index is 792. The number of hydrogen-bond acceptors (Lipinski definition) is 3. The van der Waals surface area contributed by atoms with E-state index in [9.17, 15) is 12.8 Å². The zero-order valence-electron chi connectivity index (χ0n) is 10.8. The lowest BCUT2D eigenvalue weighted by Gasteiger charge is -2.14. The summed E-state index contributed by atoms with van der Waals surface area (Å²) in [6.07, 6.45) is 0. The fourth-order valence-electron chi connectivity index (χ4n) is 1.76. The van der Waals surface area contributed by atoms with Crippen LogP contribution in [0.15, 0.2) is 39.7 Å². The number of sulfonamides is 1. The van der Waals surface area contributed by atoms with Gasteiger partial charge in [-0.15, -0.1) is 0 Å². The third-order valence-corrected chi connectivity index (χ3v) is 5.29. The molecule has 21 heavy (non-hydrogen) atoms. The average Bonchev–Trinajstić information content (AvgIpc) is 2.35. The van der Waals surface area contributed by atoms with Crippen LogP contribution in [0.1, 0.15) is 5.56 Å². The second kappa shape index (κ2) is 5.82. The van der Waals surface area contributed by atoms with Crippen molar-refractivity contribution in [1.29, 1.82) is 0 Å². The molecule has 3 N–H and O–H groups in total. The van der Waals surface area contributed by atoms with Crippen molar-refractivity contribution in [1.82, 2.24) is 0 Å². The number of hydrogen-bond donors (Lipinski definition) is 2. The van der Waals surface area contributed by atoms with Crippen LogP contribution in [-0.2, 0) is 10.0 Å². The van der Waals surface area contributed by atoms with Gasteiger partial charge < -0.3 is 5.73 Å². The molecule has 0 saturated heterocycles. The molecule has 4 nitrogen and oxygen atoms in total. The average molecular weight is 394 g/mol. The molecular weight excluding hydrogens is 383 g/mol. The van der Waals surface area contributed by atoms with Crippen LogP contribution < -0.4 is 10.5 Å². The van der Waals surface area contributed by atoms with Crippen LogP contribution in [0.4, 0.5) is 15.8 Å². The molecule has 2 rings (SSSR count). The molecule has 0 aliphatic heterocycles. The standard InChI is InChI=1S/C13H11BrClFN2O2S/c1-7-5-10(16)8(14)6-12(7)18-21(19,20)13-9(15)3-2-4-11(13)17/h2-6,18H,17H2,1H3. The minimum absolute atomic E-state index is 0.0151. The van der Waals surface area contributed by atoms with Gasteiger partial charge in [-0.3, -0.25) is 4.72 Å². The molecule has 8 heteroatoms. The number of nitrogen functional groups attached to an aromatic ring is 1. The largest absolute Gasteiger partial charge is 0.398 e. The monoisotopic (exact) mass is 392 g/mol. The number of benzene rings is 2. The molecule has 0 aromatic heterocycles. The van der Waals surface area contributed by atoms with Gasteiger partial charge in [-0.05, 0) is 52.7 Å². The Morgan fingerprint density at radius 2 is 2.00 bits per heavy atom. The Balaban J connectivity index is 2.50. The summed E-state index contributed by atoms with van der Waals surface area (Å²) in [5.74, 6) is -0.479. The molecule has 0 heterocycles. The van der Waals surface area contributed by atoms with Gasteiger partial charge in [-0.25, -0.2) is 12.8 Å². The van der Waals surface area contributed by atoms with Crippen LogP contribution in [0.25, 0.3) is 0 Å². The van der Waals surface area contributed by atoms with Crippen molar-refractivity contribution in [3.63, 3.8) is 0 Å². The molecule has 0 amide bonds. The van der Waals surface area contributed by atoms with Crippen LogP contribution in [0.5, 0.6) is 0 Å². The Kier molecular flexibility index (Phi) is 4.46. The van der Waals surface area contributed by atoms with Crippen LogP contribution in [-0.4, -0.2) is 8.42 Å². The number of anilines is 2. The van der Waals surface area contributed by atoms with Gasteiger partial charge in [0.25, 0.3) is 10.0 Å². The van der Waals surface area contributed by atoms with Crippen molar-refractivity contribution in [3.05, 3.63) is 51.2 Å². The highest BCUT2D eigenvalue weighted by molar-refractivity contribution is 9.10. The molecule has 0 unspecified atom stereocenters. The second-order valence-corrected chi connectivity index (χ2v) is 7.23. The van der Waals surface area contributed by atoms with Gasteiger partial charge in [0.2, 0.25) is 0 Å². The van der Waals surface area contributed by atoms with Gasteiger partial charge in [-0.2, -0.15) is 0 Å². The van der Waals surface area contributed by atoms with Crippen LogP contribution in [0, 0.1) is 12.7 Å². The van der Waals surface area contributed by atoms with Crippen molar-refractivity contribution in [2.24, 2.45) is 0 Å². The molecule has 2 aromatic carbocycles. The normalized spacial score (nSPS) is 11.4. The third kappa shape index (κ3) is 3.30. The highest BCUT2D eigenvalue weighted by atomic mass is 79.9. The number of rotatable bonds is 3. The first-order valence-electron chi connectivity index (χ1n) is 5.75. The minimum Gasteiger partial charge on any atom is -0.398 e. The fourth-order valence-corrected chi connectivity index (χ4v) is 3.91. The summed E-state index contributed by atoms with van der Waals surface area (Å²) in [6.45, 7) is 1.59. The van der Waals surface area contributed by atoms with Gasteiger partial charge in [0.15, 0.2) is 0 Å². The van der Waals surface area contributed by atoms with Gasteiger partial charge in [0.1, 0.15) is 10.7 Å². The van der Waals surface area contributed by atoms with Gasteiger partial charge in [0, 0.05) is 0 Å². The van der Waals surface area contributed by atoms with Gasteiger partial charge >= 0.3 is 0 Å². The Morgan fingerprint density at radius 3 is 2.62 bits per heavy atom. The van der Waals surface area contributed by atoms with E-state index in [1.54, 1.807) is 13.0 Å². The van der Waals surface area contributed by atoms with Crippen LogP contribution in [0.3, 0.4) is 0 Å². The maximum atomic E-state index is 13.4. The summed E-state index contributed by atoms with van der Waals surface area (Å²) >= 11 is 8.92. The minimum atomic E-state index is -3.98. The van der Waals surface area contributed by atoms with E-state index in [1.165, 1.54) is 24.3 Å². The summed E-state index contributed by atoms with van der Waals surface area (Å²) in [6, 6.07) is 6.98.